The summed E-state index contributed by atoms with van der Waals surface area (Å²) in [5.41, 5.74) is 0.544. The van der Waals surface area contributed by atoms with E-state index in [1.165, 1.54) is 32.1 Å². The van der Waals surface area contributed by atoms with Crippen LogP contribution in [0.2, 0.25) is 0 Å². The Bertz CT molecular complexity index is 427. The molecule has 0 aliphatic heterocycles. The van der Waals surface area contributed by atoms with Crippen LogP contribution in [0, 0.1) is 35.0 Å². The van der Waals surface area contributed by atoms with E-state index in [0.717, 1.165) is 29.6 Å². The maximum absolute atomic E-state index is 2.54. The average molecular weight is 240 g/mol. The zero-order chi connectivity index (χ0) is 12.2. The number of allylic oxidation sites excluding steroid dienone is 6. The summed E-state index contributed by atoms with van der Waals surface area (Å²) in [5.74, 6) is 4.64. The minimum absolute atomic E-state index is 0.544. The molecule has 6 atom stereocenters. The van der Waals surface area contributed by atoms with Crippen molar-refractivity contribution >= 4 is 0 Å². The highest BCUT2D eigenvalue weighted by Gasteiger charge is 2.50. The van der Waals surface area contributed by atoms with Gasteiger partial charge in [0.1, 0.15) is 0 Å². The maximum Gasteiger partial charge on any atom is -0.0112 e. The van der Waals surface area contributed by atoms with Gasteiger partial charge in [-0.15, -0.1) is 0 Å². The standard InChI is InChI=1S/C18H24/c1-18-11-4-7-17(18)16-9-8-13-5-2-3-6-14(13)15(16)10-12-18/h2-6,11,13-17H,7-10,12H2,1H3/t13?,14-,15+,16+,17-,18-/m0/s1. The van der Waals surface area contributed by atoms with E-state index in [2.05, 4.69) is 43.4 Å². The van der Waals surface area contributed by atoms with Crippen molar-refractivity contribution in [2.24, 2.45) is 35.0 Å². The molecule has 2 fully saturated rings. The lowest BCUT2D eigenvalue weighted by atomic mass is 9.52. The van der Waals surface area contributed by atoms with Gasteiger partial charge in [-0.1, -0.05) is 43.4 Å². The molecule has 18 heavy (non-hydrogen) atoms. The first-order valence-electron chi connectivity index (χ1n) is 7.81. The first-order valence-corrected chi connectivity index (χ1v) is 7.81. The lowest BCUT2D eigenvalue weighted by Gasteiger charge is -2.52. The molecular formula is C18H24. The fraction of sp³-hybridized carbons (Fsp3) is 0.667. The van der Waals surface area contributed by atoms with Gasteiger partial charge in [0.05, 0.1) is 0 Å². The molecule has 0 spiro atoms. The van der Waals surface area contributed by atoms with Crippen molar-refractivity contribution in [2.45, 2.75) is 39.0 Å². The molecule has 0 aromatic carbocycles. The number of hydrogen-bond acceptors (Lipinski definition) is 0. The van der Waals surface area contributed by atoms with Gasteiger partial charge in [-0.3, -0.25) is 0 Å². The van der Waals surface area contributed by atoms with Crippen LogP contribution in [-0.4, -0.2) is 0 Å². The van der Waals surface area contributed by atoms with Gasteiger partial charge < -0.3 is 0 Å². The first kappa shape index (κ1) is 11.1. The zero-order valence-electron chi connectivity index (χ0n) is 11.4. The van der Waals surface area contributed by atoms with Crippen molar-refractivity contribution in [3.63, 3.8) is 0 Å². The quantitative estimate of drug-likeness (QED) is 0.536. The van der Waals surface area contributed by atoms with Crippen molar-refractivity contribution in [3.05, 3.63) is 36.5 Å². The van der Waals surface area contributed by atoms with Crippen LogP contribution >= 0.6 is 0 Å². The van der Waals surface area contributed by atoms with Gasteiger partial charge in [0.15, 0.2) is 0 Å². The monoisotopic (exact) mass is 240 g/mol. The van der Waals surface area contributed by atoms with Crippen LogP contribution in [-0.2, 0) is 0 Å². The second-order valence-corrected chi connectivity index (χ2v) is 7.21. The molecule has 0 radical (unpaired) electrons. The van der Waals surface area contributed by atoms with E-state index in [9.17, 15) is 0 Å². The predicted molar refractivity (Wildman–Crippen MR) is 76.1 cm³/mol. The minimum atomic E-state index is 0.544. The molecule has 0 amide bonds. The summed E-state index contributed by atoms with van der Waals surface area (Å²) in [6.45, 7) is 2.51. The summed E-state index contributed by atoms with van der Waals surface area (Å²) in [6.07, 6.45) is 21.7. The summed E-state index contributed by atoms with van der Waals surface area (Å²) < 4.78 is 0. The average Bonchev–Trinajstić information content (AvgIpc) is 2.80. The van der Waals surface area contributed by atoms with Crippen LogP contribution in [0.1, 0.15) is 39.0 Å². The number of fused-ring (bicyclic) bond motifs is 5. The van der Waals surface area contributed by atoms with Gasteiger partial charge in [-0.25, -0.2) is 0 Å². The van der Waals surface area contributed by atoms with Crippen molar-refractivity contribution < 1.29 is 0 Å². The summed E-state index contributed by atoms with van der Waals surface area (Å²) in [6, 6.07) is 0. The van der Waals surface area contributed by atoms with Gasteiger partial charge in [-0.05, 0) is 67.1 Å². The van der Waals surface area contributed by atoms with Gasteiger partial charge in [0.2, 0.25) is 0 Å². The van der Waals surface area contributed by atoms with E-state index >= 15 is 0 Å². The summed E-state index contributed by atoms with van der Waals surface area (Å²) in [5, 5.41) is 0. The third-order valence-electron chi connectivity index (χ3n) is 6.44. The predicted octanol–water partition coefficient (Wildman–Crippen LogP) is 4.75. The molecule has 96 valence electrons. The SMILES string of the molecule is C[C@@]12C=CC[C@H]1[C@@H]1CCC3C=CC=C[C@@H]3[C@H]1CC2. The first-order chi connectivity index (χ1) is 8.78. The normalized spacial score (nSPS) is 52.8. The fourth-order valence-corrected chi connectivity index (χ4v) is 5.50. The topological polar surface area (TPSA) is 0 Å². The van der Waals surface area contributed by atoms with Crippen molar-refractivity contribution in [3.8, 4) is 0 Å². The molecule has 0 nitrogen and oxygen atoms in total. The Balaban J connectivity index is 1.64. The number of rotatable bonds is 0. The second kappa shape index (κ2) is 3.85. The summed E-state index contributed by atoms with van der Waals surface area (Å²) in [7, 11) is 0. The van der Waals surface area contributed by atoms with E-state index in [0.29, 0.717) is 5.41 Å². The molecule has 4 aliphatic carbocycles. The minimum Gasteiger partial charge on any atom is -0.0877 e. The maximum atomic E-state index is 2.54. The Labute approximate surface area is 111 Å². The molecule has 0 saturated heterocycles. The van der Waals surface area contributed by atoms with Gasteiger partial charge in [0, 0.05) is 0 Å². The van der Waals surface area contributed by atoms with E-state index < -0.39 is 0 Å². The summed E-state index contributed by atoms with van der Waals surface area (Å²) >= 11 is 0. The highest BCUT2D eigenvalue weighted by atomic mass is 14.5. The van der Waals surface area contributed by atoms with E-state index in [1.54, 1.807) is 0 Å². The molecule has 0 bridgehead atoms. The van der Waals surface area contributed by atoms with E-state index in [4.69, 9.17) is 0 Å². The van der Waals surface area contributed by atoms with Crippen molar-refractivity contribution in [2.75, 3.05) is 0 Å². The van der Waals surface area contributed by atoms with Gasteiger partial charge in [0.25, 0.3) is 0 Å². The lowest BCUT2D eigenvalue weighted by molar-refractivity contribution is -0.00228. The van der Waals surface area contributed by atoms with Crippen LogP contribution in [0.15, 0.2) is 36.5 Å². The molecule has 0 N–H and O–H groups in total. The third kappa shape index (κ3) is 1.44. The van der Waals surface area contributed by atoms with Crippen LogP contribution in [0.3, 0.4) is 0 Å². The highest BCUT2D eigenvalue weighted by Crippen LogP contribution is 2.59. The fourth-order valence-electron chi connectivity index (χ4n) is 5.50. The molecule has 4 rings (SSSR count). The van der Waals surface area contributed by atoms with E-state index in [1.807, 2.05) is 0 Å². The Hall–Kier alpha value is -0.780. The lowest BCUT2D eigenvalue weighted by Crippen LogP contribution is -2.45. The van der Waals surface area contributed by atoms with Crippen LogP contribution in [0.25, 0.3) is 0 Å². The Morgan fingerprint density at radius 2 is 1.89 bits per heavy atom. The molecule has 0 aromatic rings. The van der Waals surface area contributed by atoms with Crippen molar-refractivity contribution in [1.82, 2.24) is 0 Å². The van der Waals surface area contributed by atoms with Crippen LogP contribution < -0.4 is 0 Å². The van der Waals surface area contributed by atoms with Crippen LogP contribution in [0.5, 0.6) is 0 Å². The number of hydrogen-bond donors (Lipinski definition) is 0. The smallest absolute Gasteiger partial charge is 0.0112 e. The molecule has 1 unspecified atom stereocenters. The second-order valence-electron chi connectivity index (χ2n) is 7.21. The van der Waals surface area contributed by atoms with E-state index in [-0.39, 0.29) is 0 Å². The molecular weight excluding hydrogens is 216 g/mol. The molecule has 0 aromatic heterocycles. The highest BCUT2D eigenvalue weighted by molar-refractivity contribution is 5.20. The Morgan fingerprint density at radius 3 is 2.83 bits per heavy atom. The van der Waals surface area contributed by atoms with Crippen LogP contribution in [0.4, 0.5) is 0 Å². The van der Waals surface area contributed by atoms with Crippen molar-refractivity contribution in [1.29, 1.82) is 0 Å². The molecule has 2 saturated carbocycles. The largest absolute Gasteiger partial charge is 0.0877 e. The molecule has 0 heteroatoms. The molecule has 0 heterocycles. The zero-order valence-corrected chi connectivity index (χ0v) is 11.4. The van der Waals surface area contributed by atoms with Gasteiger partial charge >= 0.3 is 0 Å². The Morgan fingerprint density at radius 1 is 1.00 bits per heavy atom. The summed E-state index contributed by atoms with van der Waals surface area (Å²) in [4.78, 5) is 0. The third-order valence-corrected chi connectivity index (χ3v) is 6.44. The molecule has 4 aliphatic rings. The van der Waals surface area contributed by atoms with Gasteiger partial charge in [-0.2, -0.15) is 0 Å². The Kier molecular flexibility index (Phi) is 2.37.